The lowest BCUT2D eigenvalue weighted by atomic mass is 10.00. The number of hydrogen-bond donors (Lipinski definition) is 0. The van der Waals surface area contributed by atoms with Crippen LogP contribution in [0.3, 0.4) is 0 Å². The van der Waals surface area contributed by atoms with Crippen LogP contribution in [0.15, 0.2) is 60.2 Å². The lowest BCUT2D eigenvalue weighted by Crippen LogP contribution is -2.38. The zero-order chi connectivity index (χ0) is 24.8. The summed E-state index contributed by atoms with van der Waals surface area (Å²) in [5, 5.41) is 0. The molecule has 0 N–H and O–H groups in total. The summed E-state index contributed by atoms with van der Waals surface area (Å²) in [4.78, 5) is 52.5. The van der Waals surface area contributed by atoms with Crippen LogP contribution in [-0.4, -0.2) is 59.9 Å². The minimum absolute atomic E-state index is 0.00820. The highest BCUT2D eigenvalue weighted by molar-refractivity contribution is 5.97. The molecule has 35 heavy (non-hydrogen) atoms. The van der Waals surface area contributed by atoms with Gasteiger partial charge in [0.25, 0.3) is 11.8 Å². The van der Waals surface area contributed by atoms with Crippen molar-refractivity contribution in [1.29, 1.82) is 0 Å². The summed E-state index contributed by atoms with van der Waals surface area (Å²) < 4.78 is 10.1. The lowest BCUT2D eigenvalue weighted by molar-refractivity contribution is -0.150. The number of esters is 2. The lowest BCUT2D eigenvalue weighted by Gasteiger charge is -2.28. The van der Waals surface area contributed by atoms with E-state index in [4.69, 9.17) is 9.47 Å². The highest BCUT2D eigenvalue weighted by Gasteiger charge is 2.23. The fraction of sp³-hybridized carbons (Fsp3) is 0.333. The number of rotatable bonds is 6. The number of nitrogens with zero attached hydrogens (tertiary/aromatic N) is 2. The zero-order valence-electron chi connectivity index (χ0n) is 19.7. The Labute approximate surface area is 204 Å². The third-order valence-corrected chi connectivity index (χ3v) is 6.29. The van der Waals surface area contributed by atoms with Crippen molar-refractivity contribution < 1.29 is 28.7 Å². The quantitative estimate of drug-likeness (QED) is 0.469. The predicted molar refractivity (Wildman–Crippen MR) is 127 cm³/mol. The molecule has 0 radical (unpaired) electrons. The highest BCUT2D eigenvalue weighted by Crippen LogP contribution is 2.19. The second-order valence-corrected chi connectivity index (χ2v) is 8.68. The second-order valence-electron chi connectivity index (χ2n) is 8.68. The van der Waals surface area contributed by atoms with Gasteiger partial charge in [0.15, 0.2) is 13.2 Å². The molecule has 2 aliphatic rings. The van der Waals surface area contributed by atoms with Gasteiger partial charge in [-0.3, -0.25) is 9.59 Å². The van der Waals surface area contributed by atoms with Crippen LogP contribution in [0.2, 0.25) is 0 Å². The first kappa shape index (κ1) is 24.2. The Hall–Kier alpha value is -3.94. The number of hydrogen-bond acceptors (Lipinski definition) is 6. The largest absolute Gasteiger partial charge is 0.452 e. The van der Waals surface area contributed by atoms with E-state index in [9.17, 15) is 19.2 Å². The average molecular weight is 477 g/mol. The Bertz CT molecular complexity index is 1170. The van der Waals surface area contributed by atoms with Crippen LogP contribution < -0.4 is 0 Å². The summed E-state index contributed by atoms with van der Waals surface area (Å²) in [6.07, 6.45) is 2.48. The maximum Gasteiger partial charge on any atom is 0.334 e. The van der Waals surface area contributed by atoms with Crippen LogP contribution in [-0.2, 0) is 54.6 Å². The third-order valence-electron chi connectivity index (χ3n) is 6.29. The second kappa shape index (κ2) is 11.0. The van der Waals surface area contributed by atoms with E-state index >= 15 is 0 Å². The minimum atomic E-state index is -0.816. The van der Waals surface area contributed by atoms with E-state index in [1.54, 1.807) is 9.80 Å². The summed E-state index contributed by atoms with van der Waals surface area (Å²) in [6, 6.07) is 15.9. The molecule has 0 saturated carbocycles. The third kappa shape index (κ3) is 6.15. The minimum Gasteiger partial charge on any atom is -0.452 e. The molecular formula is C27H28N2O6. The summed E-state index contributed by atoms with van der Waals surface area (Å²) in [5.41, 5.74) is 4.59. The number of carbonyl (C=O) groups excluding carboxylic acids is 4. The van der Waals surface area contributed by atoms with Gasteiger partial charge in [-0.1, -0.05) is 48.5 Å². The Morgan fingerprint density at radius 1 is 0.743 bits per heavy atom. The van der Waals surface area contributed by atoms with Gasteiger partial charge in [0, 0.05) is 37.8 Å². The molecule has 0 atom stereocenters. The van der Waals surface area contributed by atoms with E-state index in [1.807, 2.05) is 48.5 Å². The Morgan fingerprint density at radius 3 is 1.71 bits per heavy atom. The predicted octanol–water partition coefficient (Wildman–Crippen LogP) is 2.19. The molecule has 2 heterocycles. The van der Waals surface area contributed by atoms with E-state index in [1.165, 1.54) is 18.1 Å². The standard InChI is InChI=1S/C27H28N2O6/c1-19(27(33)35-18-25(31)29-13-11-21-7-3-5-9-23(21)16-29)14-26(32)34-17-24(30)28-12-10-20-6-2-4-8-22(20)15-28/h2-9,14H,10-13,15-18H2,1H3/b19-14+. The van der Waals surface area contributed by atoms with Crippen molar-refractivity contribution in [2.45, 2.75) is 32.9 Å². The fourth-order valence-corrected chi connectivity index (χ4v) is 4.25. The molecule has 2 aliphatic heterocycles. The van der Waals surface area contributed by atoms with Gasteiger partial charge in [0.1, 0.15) is 0 Å². The molecule has 0 aromatic heterocycles. The Morgan fingerprint density at radius 2 is 1.20 bits per heavy atom. The molecule has 8 nitrogen and oxygen atoms in total. The fourth-order valence-electron chi connectivity index (χ4n) is 4.25. The normalized spacial score (nSPS) is 15.1. The van der Waals surface area contributed by atoms with Crippen molar-refractivity contribution in [1.82, 2.24) is 9.80 Å². The monoisotopic (exact) mass is 476 g/mol. The maximum atomic E-state index is 12.5. The molecule has 2 aromatic rings. The van der Waals surface area contributed by atoms with Gasteiger partial charge >= 0.3 is 11.9 Å². The molecule has 0 bridgehead atoms. The van der Waals surface area contributed by atoms with Gasteiger partial charge in [-0.25, -0.2) is 9.59 Å². The van der Waals surface area contributed by atoms with Crippen LogP contribution in [0.4, 0.5) is 0 Å². The van der Waals surface area contributed by atoms with Crippen LogP contribution in [0.25, 0.3) is 0 Å². The number of fused-ring (bicyclic) bond motifs is 2. The number of amides is 2. The van der Waals surface area contributed by atoms with Gasteiger partial charge in [-0.15, -0.1) is 0 Å². The number of benzene rings is 2. The molecule has 0 spiro atoms. The number of carbonyl (C=O) groups is 4. The van der Waals surface area contributed by atoms with Gasteiger partial charge < -0.3 is 19.3 Å². The molecule has 8 heteroatoms. The van der Waals surface area contributed by atoms with E-state index in [-0.39, 0.29) is 17.4 Å². The van der Waals surface area contributed by atoms with Crippen molar-refractivity contribution in [3.8, 4) is 0 Å². The van der Waals surface area contributed by atoms with Crippen LogP contribution >= 0.6 is 0 Å². The summed E-state index contributed by atoms with van der Waals surface area (Å²) in [7, 11) is 0. The zero-order valence-corrected chi connectivity index (χ0v) is 19.7. The molecule has 0 fully saturated rings. The van der Waals surface area contributed by atoms with Gasteiger partial charge in [-0.05, 0) is 42.0 Å². The molecule has 0 aliphatic carbocycles. The molecule has 0 saturated heterocycles. The molecule has 0 unspecified atom stereocenters. The van der Waals surface area contributed by atoms with Crippen molar-refractivity contribution >= 4 is 23.8 Å². The first-order chi connectivity index (χ1) is 16.9. The summed E-state index contributed by atoms with van der Waals surface area (Å²) in [5.74, 6) is -2.19. The Balaban J connectivity index is 1.20. The van der Waals surface area contributed by atoms with E-state index in [0.717, 1.165) is 30.0 Å². The molecule has 2 amide bonds. The van der Waals surface area contributed by atoms with Crippen LogP contribution in [0.1, 0.15) is 29.2 Å². The topological polar surface area (TPSA) is 93.2 Å². The van der Waals surface area contributed by atoms with Crippen LogP contribution in [0, 0.1) is 0 Å². The van der Waals surface area contributed by atoms with Crippen molar-refractivity contribution in [3.05, 3.63) is 82.4 Å². The molecule has 4 rings (SSSR count). The SMILES string of the molecule is C/C(=C\C(=O)OCC(=O)N1CCc2ccccc2C1)C(=O)OCC(=O)N1CCc2ccccc2C1. The van der Waals surface area contributed by atoms with Crippen molar-refractivity contribution in [2.24, 2.45) is 0 Å². The summed E-state index contributed by atoms with van der Waals surface area (Å²) in [6.45, 7) is 2.66. The van der Waals surface area contributed by atoms with Crippen LogP contribution in [0.5, 0.6) is 0 Å². The van der Waals surface area contributed by atoms with Crippen molar-refractivity contribution in [3.63, 3.8) is 0 Å². The molecule has 2 aromatic carbocycles. The molecular weight excluding hydrogens is 448 g/mol. The first-order valence-corrected chi connectivity index (χ1v) is 11.6. The highest BCUT2D eigenvalue weighted by atomic mass is 16.5. The first-order valence-electron chi connectivity index (χ1n) is 11.6. The molecule has 182 valence electrons. The number of ether oxygens (including phenoxy) is 2. The van der Waals surface area contributed by atoms with E-state index < -0.39 is 25.2 Å². The van der Waals surface area contributed by atoms with E-state index in [2.05, 4.69) is 0 Å². The van der Waals surface area contributed by atoms with Gasteiger partial charge in [-0.2, -0.15) is 0 Å². The summed E-state index contributed by atoms with van der Waals surface area (Å²) >= 11 is 0. The van der Waals surface area contributed by atoms with Gasteiger partial charge in [0.2, 0.25) is 0 Å². The smallest absolute Gasteiger partial charge is 0.334 e. The van der Waals surface area contributed by atoms with E-state index in [0.29, 0.717) is 26.2 Å². The van der Waals surface area contributed by atoms with Gasteiger partial charge in [0.05, 0.1) is 0 Å². The Kier molecular flexibility index (Phi) is 7.60. The average Bonchev–Trinajstić information content (AvgIpc) is 2.89. The van der Waals surface area contributed by atoms with Crippen molar-refractivity contribution in [2.75, 3.05) is 26.3 Å². The maximum absolute atomic E-state index is 12.5.